The van der Waals surface area contributed by atoms with Gasteiger partial charge < -0.3 is 10.6 Å². The number of anilines is 1. The van der Waals surface area contributed by atoms with Gasteiger partial charge in [0.05, 0.1) is 17.6 Å². The van der Waals surface area contributed by atoms with Gasteiger partial charge >= 0.3 is 0 Å². The third-order valence-electron chi connectivity index (χ3n) is 4.91. The van der Waals surface area contributed by atoms with Crippen molar-refractivity contribution in [3.8, 4) is 5.82 Å². The zero-order valence-electron chi connectivity index (χ0n) is 17.4. The van der Waals surface area contributed by atoms with Gasteiger partial charge in [0.2, 0.25) is 5.91 Å². The first-order chi connectivity index (χ1) is 15.0. The summed E-state index contributed by atoms with van der Waals surface area (Å²) in [6, 6.07) is 19.0. The first-order valence-corrected chi connectivity index (χ1v) is 10.1. The quantitative estimate of drug-likeness (QED) is 0.503. The van der Waals surface area contributed by atoms with Gasteiger partial charge in [-0.2, -0.15) is 5.10 Å². The highest BCUT2D eigenvalue weighted by molar-refractivity contribution is 5.99. The van der Waals surface area contributed by atoms with Gasteiger partial charge in [0, 0.05) is 24.2 Å². The maximum atomic E-state index is 12.4. The molecule has 0 spiro atoms. The lowest BCUT2D eigenvalue weighted by Crippen LogP contribution is -2.27. The zero-order valence-corrected chi connectivity index (χ0v) is 17.4. The Morgan fingerprint density at radius 1 is 0.968 bits per heavy atom. The molecule has 0 fully saturated rings. The van der Waals surface area contributed by atoms with Crippen LogP contribution in [0.15, 0.2) is 66.9 Å². The molecule has 7 nitrogen and oxygen atoms in total. The van der Waals surface area contributed by atoms with E-state index in [1.807, 2.05) is 56.3 Å². The van der Waals surface area contributed by atoms with E-state index in [2.05, 4.69) is 20.7 Å². The van der Waals surface area contributed by atoms with Gasteiger partial charge in [-0.15, -0.1) is 0 Å². The SMILES string of the molecule is Cc1cc(C)n(-c2ccc(NC(=O)CCNC(=O)c3ccc4ccccc4c3)cn2)n1. The van der Waals surface area contributed by atoms with E-state index < -0.39 is 0 Å². The number of carbonyl (C=O) groups excluding carboxylic acids is 2. The number of benzene rings is 2. The molecule has 2 aromatic carbocycles. The third kappa shape index (κ3) is 4.78. The molecule has 4 rings (SSSR count). The van der Waals surface area contributed by atoms with Crippen LogP contribution in [0.1, 0.15) is 28.2 Å². The number of pyridine rings is 1. The molecule has 2 heterocycles. The molecule has 0 bridgehead atoms. The highest BCUT2D eigenvalue weighted by Crippen LogP contribution is 2.16. The summed E-state index contributed by atoms with van der Waals surface area (Å²) in [5.74, 6) is 0.292. The molecular formula is C24H23N5O2. The Hall–Kier alpha value is -4.00. The minimum absolute atomic E-state index is 0.165. The highest BCUT2D eigenvalue weighted by Gasteiger charge is 2.09. The van der Waals surface area contributed by atoms with Crippen LogP contribution in [0.25, 0.3) is 16.6 Å². The van der Waals surface area contributed by atoms with Crippen LogP contribution in [-0.2, 0) is 4.79 Å². The molecule has 0 saturated heterocycles. The van der Waals surface area contributed by atoms with Crippen LogP contribution >= 0.6 is 0 Å². The second kappa shape index (κ2) is 8.79. The highest BCUT2D eigenvalue weighted by atomic mass is 16.2. The van der Waals surface area contributed by atoms with E-state index in [0.29, 0.717) is 17.1 Å². The Morgan fingerprint density at radius 3 is 2.48 bits per heavy atom. The lowest BCUT2D eigenvalue weighted by Gasteiger charge is -2.08. The summed E-state index contributed by atoms with van der Waals surface area (Å²) in [5, 5.41) is 12.1. The van der Waals surface area contributed by atoms with Gasteiger partial charge in [-0.3, -0.25) is 9.59 Å². The van der Waals surface area contributed by atoms with E-state index in [4.69, 9.17) is 0 Å². The van der Waals surface area contributed by atoms with Crippen molar-refractivity contribution < 1.29 is 9.59 Å². The molecule has 156 valence electrons. The molecule has 31 heavy (non-hydrogen) atoms. The summed E-state index contributed by atoms with van der Waals surface area (Å²) >= 11 is 0. The predicted octanol–water partition coefficient (Wildman–Crippen LogP) is 3.80. The molecule has 0 saturated carbocycles. The van der Waals surface area contributed by atoms with E-state index in [9.17, 15) is 9.59 Å². The van der Waals surface area contributed by atoms with E-state index in [1.54, 1.807) is 29.1 Å². The van der Waals surface area contributed by atoms with Gasteiger partial charge in [0.1, 0.15) is 0 Å². The van der Waals surface area contributed by atoms with Crippen LogP contribution in [0.3, 0.4) is 0 Å². The maximum Gasteiger partial charge on any atom is 0.251 e. The average Bonchev–Trinajstić information content (AvgIpc) is 3.11. The van der Waals surface area contributed by atoms with Crippen LogP contribution < -0.4 is 10.6 Å². The smallest absolute Gasteiger partial charge is 0.251 e. The number of nitrogens with one attached hydrogen (secondary N) is 2. The Bertz CT molecular complexity index is 1240. The van der Waals surface area contributed by atoms with Crippen molar-refractivity contribution in [1.82, 2.24) is 20.1 Å². The molecule has 4 aromatic rings. The molecule has 0 aliphatic rings. The van der Waals surface area contributed by atoms with E-state index in [0.717, 1.165) is 22.2 Å². The summed E-state index contributed by atoms with van der Waals surface area (Å²) in [4.78, 5) is 28.9. The number of hydrogen-bond acceptors (Lipinski definition) is 4. The van der Waals surface area contributed by atoms with Gasteiger partial charge in [-0.05, 0) is 55.0 Å². The predicted molar refractivity (Wildman–Crippen MR) is 120 cm³/mol. The fourth-order valence-electron chi connectivity index (χ4n) is 3.39. The van der Waals surface area contributed by atoms with Crippen molar-refractivity contribution in [2.45, 2.75) is 20.3 Å². The fraction of sp³-hybridized carbons (Fsp3) is 0.167. The summed E-state index contributed by atoms with van der Waals surface area (Å²) < 4.78 is 1.75. The second-order valence-corrected chi connectivity index (χ2v) is 7.36. The molecule has 2 aromatic heterocycles. The number of rotatable bonds is 6. The van der Waals surface area contributed by atoms with E-state index >= 15 is 0 Å². The Morgan fingerprint density at radius 2 is 1.77 bits per heavy atom. The maximum absolute atomic E-state index is 12.4. The van der Waals surface area contributed by atoms with Crippen LogP contribution in [0.2, 0.25) is 0 Å². The third-order valence-corrected chi connectivity index (χ3v) is 4.91. The number of carbonyl (C=O) groups is 2. The van der Waals surface area contributed by atoms with Crippen molar-refractivity contribution in [3.05, 3.63) is 83.8 Å². The minimum atomic E-state index is -0.200. The number of nitrogens with zero attached hydrogens (tertiary/aromatic N) is 3. The number of hydrogen-bond donors (Lipinski definition) is 2. The lowest BCUT2D eigenvalue weighted by atomic mass is 10.1. The number of amides is 2. The van der Waals surface area contributed by atoms with Gasteiger partial charge in [-0.1, -0.05) is 30.3 Å². The summed E-state index contributed by atoms with van der Waals surface area (Å²) in [7, 11) is 0. The first-order valence-electron chi connectivity index (χ1n) is 10.1. The molecule has 2 N–H and O–H groups in total. The first kappa shape index (κ1) is 20.3. The molecule has 7 heteroatoms. The van der Waals surface area contributed by atoms with Crippen LogP contribution in [0, 0.1) is 13.8 Å². The number of aromatic nitrogens is 3. The monoisotopic (exact) mass is 413 g/mol. The summed E-state index contributed by atoms with van der Waals surface area (Å²) in [6.07, 6.45) is 1.76. The fourth-order valence-corrected chi connectivity index (χ4v) is 3.39. The number of fused-ring (bicyclic) bond motifs is 1. The summed E-state index contributed by atoms with van der Waals surface area (Å²) in [6.45, 7) is 4.13. The van der Waals surface area contributed by atoms with Crippen molar-refractivity contribution in [2.24, 2.45) is 0 Å². The molecule has 0 aliphatic heterocycles. The molecule has 0 aliphatic carbocycles. The van der Waals surface area contributed by atoms with Gasteiger partial charge in [-0.25, -0.2) is 9.67 Å². The summed E-state index contributed by atoms with van der Waals surface area (Å²) in [5.41, 5.74) is 3.07. The molecular weight excluding hydrogens is 390 g/mol. The largest absolute Gasteiger partial charge is 0.352 e. The minimum Gasteiger partial charge on any atom is -0.352 e. The average molecular weight is 413 g/mol. The zero-order chi connectivity index (χ0) is 21.8. The number of aryl methyl sites for hydroxylation is 2. The van der Waals surface area contributed by atoms with Gasteiger partial charge in [0.25, 0.3) is 5.91 Å². The molecule has 0 atom stereocenters. The lowest BCUT2D eigenvalue weighted by molar-refractivity contribution is -0.116. The van der Waals surface area contributed by atoms with Crippen molar-refractivity contribution >= 4 is 28.3 Å². The topological polar surface area (TPSA) is 88.9 Å². The standard InChI is InChI=1S/C24H23N5O2/c1-16-13-17(2)29(28-16)22-10-9-21(15-26-22)27-23(30)11-12-25-24(31)20-8-7-18-5-3-4-6-19(18)14-20/h3-10,13-15H,11-12H2,1-2H3,(H,25,31)(H,27,30). The van der Waals surface area contributed by atoms with Crippen molar-refractivity contribution in [2.75, 3.05) is 11.9 Å². The molecule has 2 amide bonds. The van der Waals surface area contributed by atoms with Crippen LogP contribution in [0.5, 0.6) is 0 Å². The van der Waals surface area contributed by atoms with Crippen molar-refractivity contribution in [1.29, 1.82) is 0 Å². The Kier molecular flexibility index (Phi) is 5.75. The van der Waals surface area contributed by atoms with Gasteiger partial charge in [0.15, 0.2) is 5.82 Å². The Balaban J connectivity index is 1.28. The normalized spacial score (nSPS) is 10.8. The van der Waals surface area contributed by atoms with E-state index in [-0.39, 0.29) is 24.8 Å². The Labute approximate surface area is 180 Å². The molecule has 0 unspecified atom stereocenters. The second-order valence-electron chi connectivity index (χ2n) is 7.36. The van der Waals surface area contributed by atoms with E-state index in [1.165, 1.54) is 0 Å². The van der Waals surface area contributed by atoms with Crippen LogP contribution in [0.4, 0.5) is 5.69 Å². The molecule has 0 radical (unpaired) electrons. The van der Waals surface area contributed by atoms with Crippen LogP contribution in [-0.4, -0.2) is 33.1 Å². The van der Waals surface area contributed by atoms with Crippen molar-refractivity contribution in [3.63, 3.8) is 0 Å².